The van der Waals surface area contributed by atoms with Crippen LogP contribution in [0.3, 0.4) is 0 Å². The number of aryl methyl sites for hydroxylation is 1. The van der Waals surface area contributed by atoms with Gasteiger partial charge in [0.05, 0.1) is 28.7 Å². The number of thiophene rings is 1. The maximum atomic E-state index is 5.93. The van der Waals surface area contributed by atoms with E-state index in [9.17, 15) is 0 Å². The van der Waals surface area contributed by atoms with Crippen molar-refractivity contribution in [3.8, 4) is 0 Å². The van der Waals surface area contributed by atoms with Crippen LogP contribution < -0.4 is 11.1 Å². The Kier molecular flexibility index (Phi) is 3.94. The zero-order chi connectivity index (χ0) is 14.8. The molecule has 0 aliphatic heterocycles. The standard InChI is InChI=1S/C16H19N3OS/c1-10(17)8-14-11(2)15-16(21-14)13(5-6-18-15)19-9-12-4-3-7-20-12/h3-7,10H,8-9,17H2,1-2H3,(H,18,19). The van der Waals surface area contributed by atoms with Gasteiger partial charge in [-0.3, -0.25) is 4.98 Å². The Balaban J connectivity index is 1.91. The Morgan fingerprint density at radius 3 is 3.00 bits per heavy atom. The number of nitrogens with two attached hydrogens (primary N) is 1. The molecule has 3 heterocycles. The van der Waals surface area contributed by atoms with Gasteiger partial charge in [-0.2, -0.15) is 0 Å². The normalized spacial score (nSPS) is 12.7. The Hall–Kier alpha value is -1.85. The molecule has 3 N–H and O–H groups in total. The molecule has 0 saturated heterocycles. The fraction of sp³-hybridized carbons (Fsp3) is 0.312. The molecule has 3 aromatic rings. The number of nitrogens with one attached hydrogen (secondary N) is 1. The van der Waals surface area contributed by atoms with Crippen LogP contribution in [0, 0.1) is 6.92 Å². The molecule has 110 valence electrons. The minimum Gasteiger partial charge on any atom is -0.467 e. The van der Waals surface area contributed by atoms with Crippen LogP contribution in [0.25, 0.3) is 10.2 Å². The maximum Gasteiger partial charge on any atom is 0.122 e. The highest BCUT2D eigenvalue weighted by molar-refractivity contribution is 7.19. The fourth-order valence-corrected chi connectivity index (χ4v) is 3.77. The van der Waals surface area contributed by atoms with Crippen molar-refractivity contribution in [2.24, 2.45) is 5.73 Å². The van der Waals surface area contributed by atoms with E-state index in [4.69, 9.17) is 10.2 Å². The number of hydrogen-bond acceptors (Lipinski definition) is 5. The van der Waals surface area contributed by atoms with E-state index in [-0.39, 0.29) is 6.04 Å². The van der Waals surface area contributed by atoms with Crippen molar-refractivity contribution in [1.29, 1.82) is 0 Å². The van der Waals surface area contributed by atoms with Crippen LogP contribution in [0.15, 0.2) is 35.1 Å². The minimum absolute atomic E-state index is 0.163. The van der Waals surface area contributed by atoms with Crippen LogP contribution in [-0.2, 0) is 13.0 Å². The minimum atomic E-state index is 0.163. The first-order valence-electron chi connectivity index (χ1n) is 7.04. The molecule has 0 saturated carbocycles. The van der Waals surface area contributed by atoms with Gasteiger partial charge in [-0.25, -0.2) is 0 Å². The van der Waals surface area contributed by atoms with E-state index in [1.54, 1.807) is 17.6 Å². The molecular formula is C16H19N3OS. The van der Waals surface area contributed by atoms with Gasteiger partial charge in [-0.05, 0) is 44.0 Å². The highest BCUT2D eigenvalue weighted by Crippen LogP contribution is 2.35. The van der Waals surface area contributed by atoms with Crippen molar-refractivity contribution in [2.45, 2.75) is 32.9 Å². The van der Waals surface area contributed by atoms with Gasteiger partial charge in [0.25, 0.3) is 0 Å². The van der Waals surface area contributed by atoms with E-state index >= 15 is 0 Å². The summed E-state index contributed by atoms with van der Waals surface area (Å²) in [6.07, 6.45) is 4.43. The summed E-state index contributed by atoms with van der Waals surface area (Å²) >= 11 is 1.78. The van der Waals surface area contributed by atoms with Crippen molar-refractivity contribution in [3.63, 3.8) is 0 Å². The van der Waals surface area contributed by atoms with Crippen LogP contribution in [0.4, 0.5) is 5.69 Å². The molecule has 0 radical (unpaired) electrons. The van der Waals surface area contributed by atoms with E-state index in [0.29, 0.717) is 6.54 Å². The summed E-state index contributed by atoms with van der Waals surface area (Å²) in [4.78, 5) is 5.84. The van der Waals surface area contributed by atoms with Crippen molar-refractivity contribution in [1.82, 2.24) is 4.98 Å². The highest BCUT2D eigenvalue weighted by Gasteiger charge is 2.13. The second-order valence-electron chi connectivity index (χ2n) is 5.30. The molecule has 0 spiro atoms. The lowest BCUT2D eigenvalue weighted by atomic mass is 10.1. The summed E-state index contributed by atoms with van der Waals surface area (Å²) in [6, 6.07) is 6.04. The van der Waals surface area contributed by atoms with Gasteiger partial charge in [0.1, 0.15) is 5.76 Å². The van der Waals surface area contributed by atoms with E-state index in [0.717, 1.165) is 23.4 Å². The predicted octanol–water partition coefficient (Wildman–Crippen LogP) is 3.70. The highest BCUT2D eigenvalue weighted by atomic mass is 32.1. The lowest BCUT2D eigenvalue weighted by Gasteiger charge is -2.05. The molecule has 0 aromatic carbocycles. The number of fused-ring (bicyclic) bond motifs is 1. The number of furan rings is 1. The smallest absolute Gasteiger partial charge is 0.122 e. The monoisotopic (exact) mass is 301 g/mol. The summed E-state index contributed by atoms with van der Waals surface area (Å²) in [5, 5.41) is 3.43. The molecule has 1 unspecified atom stereocenters. The molecule has 21 heavy (non-hydrogen) atoms. The fourth-order valence-electron chi connectivity index (χ4n) is 2.37. The Morgan fingerprint density at radius 2 is 2.29 bits per heavy atom. The number of rotatable bonds is 5. The summed E-state index contributed by atoms with van der Waals surface area (Å²) in [5.41, 5.74) is 9.35. The van der Waals surface area contributed by atoms with Gasteiger partial charge < -0.3 is 15.5 Å². The van der Waals surface area contributed by atoms with Gasteiger partial charge >= 0.3 is 0 Å². The molecule has 0 amide bonds. The number of pyridine rings is 1. The Bertz CT molecular complexity index is 731. The van der Waals surface area contributed by atoms with Crippen LogP contribution in [0.1, 0.15) is 23.1 Å². The summed E-state index contributed by atoms with van der Waals surface area (Å²) in [7, 11) is 0. The lowest BCUT2D eigenvalue weighted by molar-refractivity contribution is 0.518. The Morgan fingerprint density at radius 1 is 1.43 bits per heavy atom. The SMILES string of the molecule is Cc1c(CC(C)N)sc2c(NCc3ccco3)ccnc12. The van der Waals surface area contributed by atoms with Crippen LogP contribution >= 0.6 is 11.3 Å². The molecular weight excluding hydrogens is 282 g/mol. The van der Waals surface area contributed by atoms with Crippen molar-refractivity contribution in [2.75, 3.05) is 5.32 Å². The third-order valence-corrected chi connectivity index (χ3v) is 4.78. The molecule has 5 heteroatoms. The van der Waals surface area contributed by atoms with E-state index in [2.05, 4.69) is 17.2 Å². The van der Waals surface area contributed by atoms with Crippen LogP contribution in [-0.4, -0.2) is 11.0 Å². The first-order valence-corrected chi connectivity index (χ1v) is 7.85. The van der Waals surface area contributed by atoms with Crippen molar-refractivity contribution < 1.29 is 4.42 Å². The molecule has 3 aromatic heterocycles. The molecule has 0 fully saturated rings. The van der Waals surface area contributed by atoms with Gasteiger partial charge in [0, 0.05) is 17.1 Å². The van der Waals surface area contributed by atoms with Gasteiger partial charge in [0.15, 0.2) is 0 Å². The second kappa shape index (κ2) is 5.87. The summed E-state index contributed by atoms with van der Waals surface area (Å²) in [5.74, 6) is 0.920. The molecule has 3 rings (SSSR count). The zero-order valence-electron chi connectivity index (χ0n) is 12.2. The summed E-state index contributed by atoms with van der Waals surface area (Å²) < 4.78 is 6.55. The molecule has 0 aliphatic carbocycles. The molecule has 0 aliphatic rings. The third-order valence-electron chi connectivity index (χ3n) is 3.44. The van der Waals surface area contributed by atoms with Crippen molar-refractivity contribution in [3.05, 3.63) is 46.9 Å². The molecule has 0 bridgehead atoms. The quantitative estimate of drug-likeness (QED) is 0.754. The van der Waals surface area contributed by atoms with Crippen LogP contribution in [0.5, 0.6) is 0 Å². The molecule has 4 nitrogen and oxygen atoms in total. The van der Waals surface area contributed by atoms with E-state index < -0.39 is 0 Å². The van der Waals surface area contributed by atoms with E-state index in [1.807, 2.05) is 31.3 Å². The number of hydrogen-bond donors (Lipinski definition) is 2. The average molecular weight is 301 g/mol. The molecule has 1 atom stereocenters. The van der Waals surface area contributed by atoms with Gasteiger partial charge in [0.2, 0.25) is 0 Å². The zero-order valence-corrected chi connectivity index (χ0v) is 13.0. The maximum absolute atomic E-state index is 5.93. The predicted molar refractivity (Wildman–Crippen MR) is 87.7 cm³/mol. The van der Waals surface area contributed by atoms with Crippen LogP contribution in [0.2, 0.25) is 0 Å². The summed E-state index contributed by atoms with van der Waals surface area (Å²) in [6.45, 7) is 4.83. The van der Waals surface area contributed by atoms with Gasteiger partial charge in [-0.15, -0.1) is 11.3 Å². The first-order chi connectivity index (χ1) is 10.1. The Labute approximate surface area is 128 Å². The topological polar surface area (TPSA) is 64.1 Å². The number of aromatic nitrogens is 1. The average Bonchev–Trinajstić information content (AvgIpc) is 3.06. The van der Waals surface area contributed by atoms with Crippen molar-refractivity contribution >= 4 is 27.2 Å². The number of anilines is 1. The van der Waals surface area contributed by atoms with Gasteiger partial charge in [-0.1, -0.05) is 0 Å². The second-order valence-corrected chi connectivity index (χ2v) is 6.41. The number of nitrogens with zero attached hydrogens (tertiary/aromatic N) is 1. The lowest BCUT2D eigenvalue weighted by Crippen LogP contribution is -2.17. The third kappa shape index (κ3) is 2.94. The van der Waals surface area contributed by atoms with E-state index in [1.165, 1.54) is 15.1 Å². The largest absolute Gasteiger partial charge is 0.467 e. The first kappa shape index (κ1) is 14.1.